The minimum Gasteiger partial charge on any atom is -0.424 e. The van der Waals surface area contributed by atoms with Gasteiger partial charge in [-0.15, -0.1) is 0 Å². The van der Waals surface area contributed by atoms with E-state index in [1.165, 1.54) is 32.1 Å². The summed E-state index contributed by atoms with van der Waals surface area (Å²) < 4.78 is 5.67. The lowest BCUT2D eigenvalue weighted by Crippen LogP contribution is -2.05. The third kappa shape index (κ3) is 8.28. The van der Waals surface area contributed by atoms with Gasteiger partial charge < -0.3 is 4.43 Å². The van der Waals surface area contributed by atoms with Gasteiger partial charge in [0.1, 0.15) is 0 Å². The minimum absolute atomic E-state index is 0.199. The summed E-state index contributed by atoms with van der Waals surface area (Å²) in [5.74, 6) is 0. The lowest BCUT2D eigenvalue weighted by Gasteiger charge is -2.07. The van der Waals surface area contributed by atoms with E-state index in [-0.39, 0.29) is 9.76 Å². The van der Waals surface area contributed by atoms with Crippen LogP contribution in [0.2, 0.25) is 5.54 Å². The normalized spacial score (nSPS) is 14.2. The molecule has 0 spiro atoms. The summed E-state index contributed by atoms with van der Waals surface area (Å²) in [6.45, 7) is 7.82. The van der Waals surface area contributed by atoms with Crippen molar-refractivity contribution in [2.24, 2.45) is 0 Å². The molecule has 1 nitrogen and oxygen atoms in total. The predicted molar refractivity (Wildman–Crippen MR) is 58.4 cm³/mol. The molecule has 0 rings (SSSR count). The third-order valence-electron chi connectivity index (χ3n) is 2.24. The van der Waals surface area contributed by atoms with Crippen LogP contribution in [0.5, 0.6) is 0 Å². The summed E-state index contributed by atoms with van der Waals surface area (Å²) in [4.78, 5) is 0. The summed E-state index contributed by atoms with van der Waals surface area (Å²) >= 11 is 0. The third-order valence-corrected chi connectivity index (χ3v) is 3.91. The van der Waals surface area contributed by atoms with Crippen molar-refractivity contribution in [1.29, 1.82) is 0 Å². The second-order valence-corrected chi connectivity index (χ2v) is 5.78. The fraction of sp³-hybridized carbons (Fsp3) is 1.00. The zero-order chi connectivity index (χ0) is 9.23. The maximum atomic E-state index is 5.67. The smallest absolute Gasteiger partial charge is 0.164 e. The van der Waals surface area contributed by atoms with Crippen molar-refractivity contribution < 1.29 is 4.43 Å². The Morgan fingerprint density at radius 3 is 2.50 bits per heavy atom. The van der Waals surface area contributed by atoms with Gasteiger partial charge in [-0.2, -0.15) is 0 Å². The molecule has 0 aliphatic rings. The van der Waals surface area contributed by atoms with Crippen LogP contribution in [0, 0.1) is 0 Å². The molecule has 0 N–H and O–H groups in total. The van der Waals surface area contributed by atoms with Gasteiger partial charge >= 0.3 is 0 Å². The van der Waals surface area contributed by atoms with E-state index in [2.05, 4.69) is 20.8 Å². The molecule has 0 saturated carbocycles. The summed E-state index contributed by atoms with van der Waals surface area (Å²) in [5.41, 5.74) is 0.871. The highest BCUT2D eigenvalue weighted by Crippen LogP contribution is 2.06. The average Bonchev–Trinajstić information content (AvgIpc) is 2.10. The molecule has 1 atom stereocenters. The quantitative estimate of drug-likeness (QED) is 0.420. The Morgan fingerprint density at radius 1 is 1.17 bits per heavy atom. The number of unbranched alkanes of at least 4 members (excludes halogenated alkanes) is 3. The van der Waals surface area contributed by atoms with Gasteiger partial charge in [-0.3, -0.25) is 0 Å². The van der Waals surface area contributed by atoms with Crippen LogP contribution in [0.15, 0.2) is 0 Å². The maximum Gasteiger partial charge on any atom is 0.164 e. The summed E-state index contributed by atoms with van der Waals surface area (Å²) in [6, 6.07) is 0. The van der Waals surface area contributed by atoms with E-state index in [9.17, 15) is 0 Å². The van der Waals surface area contributed by atoms with E-state index in [4.69, 9.17) is 4.43 Å². The molecule has 0 aromatic heterocycles. The van der Waals surface area contributed by atoms with E-state index in [1.54, 1.807) is 0 Å². The SMILES string of the molecule is CCCCCCO[SiH2]C(C)CC. The van der Waals surface area contributed by atoms with Gasteiger partial charge in [0.15, 0.2) is 9.76 Å². The van der Waals surface area contributed by atoms with Crippen LogP contribution in [0.4, 0.5) is 0 Å². The highest BCUT2D eigenvalue weighted by Gasteiger charge is 1.98. The number of hydrogen-bond acceptors (Lipinski definition) is 1. The molecule has 0 aliphatic heterocycles. The zero-order valence-electron chi connectivity index (χ0n) is 8.94. The van der Waals surface area contributed by atoms with Gasteiger partial charge in [-0.05, 0) is 12.0 Å². The van der Waals surface area contributed by atoms with Crippen LogP contribution in [-0.4, -0.2) is 16.4 Å². The van der Waals surface area contributed by atoms with Crippen LogP contribution in [0.25, 0.3) is 0 Å². The minimum atomic E-state index is -0.199. The highest BCUT2D eigenvalue weighted by atomic mass is 28.2. The van der Waals surface area contributed by atoms with Crippen molar-refractivity contribution in [3.63, 3.8) is 0 Å². The largest absolute Gasteiger partial charge is 0.424 e. The van der Waals surface area contributed by atoms with E-state index in [0.29, 0.717) is 0 Å². The molecular weight excluding hydrogens is 164 g/mol. The van der Waals surface area contributed by atoms with Gasteiger partial charge in [0.25, 0.3) is 0 Å². The number of hydrogen-bond donors (Lipinski definition) is 0. The lowest BCUT2D eigenvalue weighted by molar-refractivity contribution is 0.315. The lowest BCUT2D eigenvalue weighted by atomic mass is 10.2. The molecule has 0 heterocycles. The van der Waals surface area contributed by atoms with Crippen LogP contribution >= 0.6 is 0 Å². The van der Waals surface area contributed by atoms with Gasteiger partial charge in [-0.25, -0.2) is 0 Å². The van der Waals surface area contributed by atoms with Crippen molar-refractivity contribution in [2.75, 3.05) is 6.61 Å². The Labute approximate surface area is 79.8 Å². The first-order valence-corrected chi connectivity index (χ1v) is 6.78. The van der Waals surface area contributed by atoms with Crippen molar-refractivity contribution in [3.8, 4) is 0 Å². The second kappa shape index (κ2) is 9.27. The first kappa shape index (κ1) is 12.2. The van der Waals surface area contributed by atoms with E-state index in [0.717, 1.165) is 12.1 Å². The molecule has 1 unspecified atom stereocenters. The van der Waals surface area contributed by atoms with Gasteiger partial charge in [-0.1, -0.05) is 46.5 Å². The number of rotatable bonds is 8. The Bertz CT molecular complexity index is 85.9. The molecule has 0 amide bonds. The van der Waals surface area contributed by atoms with Crippen molar-refractivity contribution in [2.45, 2.75) is 58.4 Å². The molecule has 0 aliphatic carbocycles. The first-order valence-electron chi connectivity index (χ1n) is 5.39. The van der Waals surface area contributed by atoms with Crippen LogP contribution < -0.4 is 0 Å². The Balaban J connectivity index is 2.90. The van der Waals surface area contributed by atoms with Crippen molar-refractivity contribution in [3.05, 3.63) is 0 Å². The van der Waals surface area contributed by atoms with Crippen molar-refractivity contribution >= 4 is 9.76 Å². The fourth-order valence-corrected chi connectivity index (χ4v) is 2.04. The molecule has 0 radical (unpaired) electrons. The van der Waals surface area contributed by atoms with Crippen molar-refractivity contribution in [1.82, 2.24) is 0 Å². The molecule has 0 fully saturated rings. The summed E-state index contributed by atoms with van der Waals surface area (Å²) in [7, 11) is -0.199. The molecule has 12 heavy (non-hydrogen) atoms. The van der Waals surface area contributed by atoms with Crippen LogP contribution in [0.3, 0.4) is 0 Å². The van der Waals surface area contributed by atoms with Gasteiger partial charge in [0.05, 0.1) is 0 Å². The van der Waals surface area contributed by atoms with Crippen LogP contribution in [0.1, 0.15) is 52.9 Å². The Kier molecular flexibility index (Phi) is 9.40. The van der Waals surface area contributed by atoms with E-state index in [1.807, 2.05) is 0 Å². The monoisotopic (exact) mass is 188 g/mol. The molecule has 0 saturated heterocycles. The average molecular weight is 188 g/mol. The van der Waals surface area contributed by atoms with Crippen LogP contribution in [-0.2, 0) is 4.43 Å². The zero-order valence-corrected chi connectivity index (χ0v) is 10.3. The molecule has 74 valence electrons. The molecular formula is C10H24OSi. The molecule has 0 aromatic carbocycles. The first-order chi connectivity index (χ1) is 5.81. The molecule has 0 aromatic rings. The molecule has 0 bridgehead atoms. The van der Waals surface area contributed by atoms with Gasteiger partial charge in [0, 0.05) is 6.61 Å². The topological polar surface area (TPSA) is 9.23 Å². The predicted octanol–water partition coefficient (Wildman–Crippen LogP) is 2.89. The molecule has 2 heteroatoms. The fourth-order valence-electron chi connectivity index (χ4n) is 1.03. The second-order valence-electron chi connectivity index (χ2n) is 3.65. The summed E-state index contributed by atoms with van der Waals surface area (Å²) in [5, 5.41) is 0. The standard InChI is InChI=1S/C10H24OSi/c1-4-6-7-8-9-11-12-10(3)5-2/h10H,4-9,12H2,1-3H3. The highest BCUT2D eigenvalue weighted by molar-refractivity contribution is 6.29. The maximum absolute atomic E-state index is 5.67. The van der Waals surface area contributed by atoms with Gasteiger partial charge in [0.2, 0.25) is 0 Å². The summed E-state index contributed by atoms with van der Waals surface area (Å²) in [6.07, 6.45) is 6.61. The van der Waals surface area contributed by atoms with E-state index >= 15 is 0 Å². The Morgan fingerprint density at radius 2 is 1.92 bits per heavy atom. The van der Waals surface area contributed by atoms with E-state index < -0.39 is 0 Å². The Hall–Kier alpha value is 0.177.